The molecular weight excluding hydrogens is 558 g/mol. The Morgan fingerprint density at radius 1 is 1.24 bits per heavy atom. The van der Waals surface area contributed by atoms with Crippen molar-refractivity contribution in [1.82, 2.24) is 50.4 Å². The molecule has 2 amide bonds. The van der Waals surface area contributed by atoms with Crippen LogP contribution in [0.3, 0.4) is 0 Å². The number of nitrogens with two attached hydrogens (primary N) is 1. The summed E-state index contributed by atoms with van der Waals surface area (Å²) in [5.41, 5.74) is 3.59. The number of aliphatic hydroxyl groups is 1. The Hall–Kier alpha value is -4.94. The number of pyridine rings is 1. The Kier molecular flexibility index (Phi) is 6.68. The highest BCUT2D eigenvalue weighted by Gasteiger charge is 2.58. The fraction of sp³-hybridized carbons (Fsp3) is 0.364. The highest BCUT2D eigenvalue weighted by atomic mass is 19.4. The molecule has 4 aromatic rings. The number of nitrogens with one attached hydrogen (secondary N) is 2. The summed E-state index contributed by atoms with van der Waals surface area (Å²) in [4.78, 5) is 34.2. The third-order valence-electron chi connectivity index (χ3n) is 6.59. The summed E-state index contributed by atoms with van der Waals surface area (Å²) in [6.07, 6.45) is -4.62. The smallest absolute Gasteiger partial charge is 0.426 e. The number of aromatic amines is 1. The number of nitrogens with zero attached hydrogens (tertiary/aromatic N) is 8. The molecule has 4 aromatic heterocycles. The van der Waals surface area contributed by atoms with Crippen molar-refractivity contribution in [2.45, 2.75) is 30.9 Å². The largest absolute Gasteiger partial charge is 0.480 e. The van der Waals surface area contributed by atoms with Crippen molar-refractivity contribution < 1.29 is 37.0 Å². The minimum absolute atomic E-state index is 0.137. The van der Waals surface area contributed by atoms with Crippen molar-refractivity contribution in [2.24, 2.45) is 0 Å². The number of anilines is 1. The van der Waals surface area contributed by atoms with Gasteiger partial charge in [-0.25, -0.2) is 24.0 Å². The second kappa shape index (κ2) is 9.91. The number of methoxy groups -OCH3 is 1. The van der Waals surface area contributed by atoms with Crippen LogP contribution in [0.5, 0.6) is 5.88 Å². The summed E-state index contributed by atoms with van der Waals surface area (Å²) >= 11 is 0. The molecule has 0 saturated carbocycles. The molecule has 5 heterocycles. The topological polar surface area (TPSA) is 202 Å². The van der Waals surface area contributed by atoms with Crippen molar-refractivity contribution in [3.05, 3.63) is 30.2 Å². The molecule has 0 aliphatic carbocycles. The van der Waals surface area contributed by atoms with E-state index in [2.05, 4.69) is 41.0 Å². The molecule has 5 N–H and O–H groups in total. The average Bonchev–Trinajstić information content (AvgIpc) is 3.67. The molecular formula is C22H21F4N11O4. The van der Waals surface area contributed by atoms with Crippen LogP contribution < -0.4 is 15.8 Å². The van der Waals surface area contributed by atoms with E-state index in [-0.39, 0.29) is 30.0 Å². The molecule has 1 aliphatic heterocycles. The van der Waals surface area contributed by atoms with Gasteiger partial charge in [0.1, 0.15) is 23.6 Å². The number of alkyl halides is 4. The number of H-pyrrole nitrogens is 1. The van der Waals surface area contributed by atoms with Crippen molar-refractivity contribution in [3.8, 4) is 28.5 Å². The summed E-state index contributed by atoms with van der Waals surface area (Å²) in [6.45, 7) is -1.10. The van der Waals surface area contributed by atoms with Crippen LogP contribution in [0, 0.1) is 0 Å². The molecule has 41 heavy (non-hydrogen) atoms. The maximum atomic E-state index is 14.8. The van der Waals surface area contributed by atoms with E-state index in [1.807, 2.05) is 0 Å². The second-order valence-corrected chi connectivity index (χ2v) is 9.26. The van der Waals surface area contributed by atoms with Crippen molar-refractivity contribution in [1.29, 1.82) is 0 Å². The van der Waals surface area contributed by atoms with Crippen LogP contribution in [0.25, 0.3) is 28.2 Å². The molecule has 3 atom stereocenters. The fourth-order valence-electron chi connectivity index (χ4n) is 4.39. The first kappa shape index (κ1) is 27.6. The summed E-state index contributed by atoms with van der Waals surface area (Å²) in [6, 6.07) is 1.60. The van der Waals surface area contributed by atoms with Gasteiger partial charge in [-0.2, -0.15) is 18.3 Å². The number of tetrazole rings is 1. The zero-order valence-corrected chi connectivity index (χ0v) is 21.2. The predicted octanol–water partition coefficient (Wildman–Crippen LogP) is 0.154. The molecule has 0 spiro atoms. The van der Waals surface area contributed by atoms with Crippen molar-refractivity contribution >= 4 is 23.1 Å². The fourth-order valence-corrected chi connectivity index (χ4v) is 4.39. The van der Waals surface area contributed by atoms with Gasteiger partial charge in [-0.05, 0) is 29.5 Å². The van der Waals surface area contributed by atoms with Gasteiger partial charge >= 0.3 is 6.18 Å². The van der Waals surface area contributed by atoms with E-state index >= 15 is 0 Å². The summed E-state index contributed by atoms with van der Waals surface area (Å²) in [7, 11) is 1.25. The Labute approximate surface area is 226 Å². The molecule has 5 rings (SSSR count). The third-order valence-corrected chi connectivity index (χ3v) is 6.59. The number of carbonyl (C=O) groups is 2. The molecule has 19 heteroatoms. The maximum Gasteiger partial charge on any atom is 0.426 e. The van der Waals surface area contributed by atoms with Gasteiger partial charge in [-0.1, -0.05) is 0 Å². The van der Waals surface area contributed by atoms with E-state index in [0.717, 1.165) is 0 Å². The third kappa shape index (κ3) is 4.72. The highest BCUT2D eigenvalue weighted by molar-refractivity contribution is 5.98. The zero-order valence-electron chi connectivity index (χ0n) is 21.2. The Morgan fingerprint density at radius 2 is 2.00 bits per heavy atom. The van der Waals surface area contributed by atoms with Gasteiger partial charge in [0.15, 0.2) is 11.6 Å². The molecule has 216 valence electrons. The first-order valence-corrected chi connectivity index (χ1v) is 11.8. The maximum absolute atomic E-state index is 14.8. The van der Waals surface area contributed by atoms with E-state index in [4.69, 9.17) is 10.5 Å². The van der Waals surface area contributed by atoms with E-state index in [0.29, 0.717) is 27.2 Å². The molecule has 15 nitrogen and oxygen atoms in total. The number of ether oxygens (including phenoxy) is 1. The number of carbonyl (C=O) groups excluding carboxylic acids is 2. The Bertz CT molecular complexity index is 1620. The number of halogens is 4. The number of amides is 2. The first-order chi connectivity index (χ1) is 19.3. The lowest BCUT2D eigenvalue weighted by atomic mass is 10.1. The number of rotatable bonds is 6. The molecule has 0 radical (unpaired) electrons. The summed E-state index contributed by atoms with van der Waals surface area (Å²) in [5, 5.41) is 30.0. The first-order valence-electron chi connectivity index (χ1n) is 11.8. The number of fused-ring (bicyclic) bond motifs is 1. The van der Waals surface area contributed by atoms with Crippen LogP contribution in [-0.4, -0.2) is 106 Å². The van der Waals surface area contributed by atoms with Gasteiger partial charge in [-0.3, -0.25) is 9.59 Å². The number of hydrogen-bond acceptors (Lipinski definition) is 11. The summed E-state index contributed by atoms with van der Waals surface area (Å²) < 4.78 is 60.8. The van der Waals surface area contributed by atoms with Crippen LogP contribution in [-0.2, 0) is 4.79 Å². The SMILES string of the molecule is COc1ncc(-c2c(-c3nnn[nH]3)cc3c(N)ncnn23)cc1C(=O)N[C@@H]1CN(C(=O)C(C)(O)C(F)(F)F)C[C@@H]1F. The molecule has 0 aromatic carbocycles. The van der Waals surface area contributed by atoms with Crippen LogP contribution in [0.4, 0.5) is 23.4 Å². The van der Waals surface area contributed by atoms with E-state index in [9.17, 15) is 32.3 Å². The quantitative estimate of drug-likeness (QED) is 0.227. The number of nitrogen functional groups attached to an aromatic ring is 1. The van der Waals surface area contributed by atoms with Crippen LogP contribution in [0.1, 0.15) is 17.3 Å². The lowest BCUT2D eigenvalue weighted by Gasteiger charge is -2.29. The molecule has 1 saturated heterocycles. The molecule has 0 bridgehead atoms. The van der Waals surface area contributed by atoms with Crippen molar-refractivity contribution in [3.63, 3.8) is 0 Å². The van der Waals surface area contributed by atoms with Gasteiger partial charge in [-0.15, -0.1) is 5.10 Å². The van der Waals surface area contributed by atoms with Gasteiger partial charge in [0.25, 0.3) is 11.8 Å². The average molecular weight is 579 g/mol. The monoisotopic (exact) mass is 579 g/mol. The van der Waals surface area contributed by atoms with E-state index < -0.39 is 48.9 Å². The molecule has 1 aliphatic rings. The predicted molar refractivity (Wildman–Crippen MR) is 130 cm³/mol. The van der Waals surface area contributed by atoms with Gasteiger partial charge in [0, 0.05) is 23.9 Å². The van der Waals surface area contributed by atoms with E-state index in [1.54, 1.807) is 6.07 Å². The zero-order chi connectivity index (χ0) is 29.7. The van der Waals surface area contributed by atoms with Crippen LogP contribution in [0.15, 0.2) is 24.7 Å². The lowest BCUT2D eigenvalue weighted by Crippen LogP contribution is -2.56. The summed E-state index contributed by atoms with van der Waals surface area (Å²) in [5.74, 6) is -2.40. The second-order valence-electron chi connectivity index (χ2n) is 9.26. The number of hydrogen-bond donors (Lipinski definition) is 4. The van der Waals surface area contributed by atoms with Gasteiger partial charge in [0.05, 0.1) is 25.4 Å². The van der Waals surface area contributed by atoms with Crippen LogP contribution in [0.2, 0.25) is 0 Å². The van der Waals surface area contributed by atoms with Gasteiger partial charge in [0.2, 0.25) is 11.5 Å². The normalized spacial score (nSPS) is 18.9. The Morgan fingerprint density at radius 3 is 2.66 bits per heavy atom. The minimum Gasteiger partial charge on any atom is -0.480 e. The van der Waals surface area contributed by atoms with Crippen LogP contribution >= 0.6 is 0 Å². The molecule has 1 fully saturated rings. The van der Waals surface area contributed by atoms with E-state index in [1.165, 1.54) is 30.2 Å². The highest BCUT2D eigenvalue weighted by Crippen LogP contribution is 2.36. The standard InChI is InChI=1S/C22H21F4N11O4/c1-21(40,22(24,25)26)20(39)36-6-12(23)13(7-36)31-18(38)11-3-9(5-28-19(11)41-2)15-10(17-32-34-35-33-17)4-14-16(27)29-8-30-37(14)15/h3-5,8,12-13,40H,6-7H2,1-2H3,(H,31,38)(H2,27,29,30)(H,32,33,34,35)/t12-,13+,21?/m0/s1. The van der Waals surface area contributed by atoms with Gasteiger partial charge < -0.3 is 25.8 Å². The number of aromatic nitrogens is 8. The lowest BCUT2D eigenvalue weighted by molar-refractivity contribution is -0.249. The van der Waals surface area contributed by atoms with Crippen molar-refractivity contribution in [2.75, 3.05) is 25.9 Å². The molecule has 1 unspecified atom stereocenters. The Balaban J connectivity index is 1.47. The minimum atomic E-state index is -5.28. The number of likely N-dealkylation sites (tertiary alicyclic amines) is 1.